The molecule has 0 spiro atoms. The van der Waals surface area contributed by atoms with Crippen molar-refractivity contribution in [2.24, 2.45) is 0 Å². The lowest BCUT2D eigenvalue weighted by Crippen LogP contribution is -2.14. The van der Waals surface area contributed by atoms with Crippen molar-refractivity contribution >= 4 is 107 Å². The number of thiophene rings is 2. The minimum absolute atomic E-state index is 0.133. The van der Waals surface area contributed by atoms with Gasteiger partial charge in [0.2, 0.25) is 11.8 Å². The molecule has 0 aliphatic rings. The first-order valence-electron chi connectivity index (χ1n) is 11.2. The topological polar surface area (TPSA) is 75.3 Å². The van der Waals surface area contributed by atoms with E-state index in [9.17, 15) is 14.4 Å². The number of hydrogen-bond donors (Lipinski definition) is 2. The molecule has 0 unspecified atom stereocenters. The number of benzene rings is 2. The zero-order valence-corrected chi connectivity index (χ0v) is 26.4. The van der Waals surface area contributed by atoms with E-state index in [1.54, 1.807) is 36.4 Å². The van der Waals surface area contributed by atoms with Gasteiger partial charge in [0.25, 0.3) is 0 Å². The third-order valence-corrected chi connectivity index (χ3v) is 9.05. The van der Waals surface area contributed by atoms with Crippen LogP contribution in [0.3, 0.4) is 0 Å². The van der Waals surface area contributed by atoms with Crippen molar-refractivity contribution < 1.29 is 14.4 Å². The molecule has 0 fully saturated rings. The van der Waals surface area contributed by atoms with E-state index in [1.165, 1.54) is 22.7 Å². The Hall–Kier alpha value is -2.01. The van der Waals surface area contributed by atoms with Gasteiger partial charge in [-0.15, -0.1) is 22.7 Å². The van der Waals surface area contributed by atoms with Crippen molar-refractivity contribution in [1.82, 2.24) is 0 Å². The number of halogens is 4. The van der Waals surface area contributed by atoms with Crippen LogP contribution in [0.2, 0.25) is 10.0 Å². The third kappa shape index (κ3) is 6.08. The molecule has 2 amide bonds. The number of hydrogen-bond acceptors (Lipinski definition) is 5. The number of carbonyl (C=O) groups excluding carboxylic acids is 3. The largest absolute Gasteiger partial charge is 0.325 e. The maximum absolute atomic E-state index is 14.3. The molecule has 0 bridgehead atoms. The zero-order valence-electron chi connectivity index (χ0n) is 20.1. The van der Waals surface area contributed by atoms with E-state index in [1.807, 2.05) is 24.6 Å². The van der Waals surface area contributed by atoms with Gasteiger partial charge in [0, 0.05) is 64.6 Å². The highest BCUT2D eigenvalue weighted by molar-refractivity contribution is 9.09. The number of carbonyl (C=O) groups is 3. The second-order valence-electron chi connectivity index (χ2n) is 8.23. The van der Waals surface area contributed by atoms with Crippen LogP contribution in [0.15, 0.2) is 47.2 Å². The Morgan fingerprint density at radius 3 is 1.47 bits per heavy atom. The van der Waals surface area contributed by atoms with Gasteiger partial charge in [-0.2, -0.15) is 0 Å². The zero-order chi connectivity index (χ0) is 27.6. The molecule has 2 N–H and O–H groups in total. The molecule has 0 atom stereocenters. The van der Waals surface area contributed by atoms with Crippen LogP contribution in [0.1, 0.15) is 25.7 Å². The highest BCUT2D eigenvalue weighted by atomic mass is 79.9. The number of rotatable bonds is 8. The van der Waals surface area contributed by atoms with E-state index in [0.29, 0.717) is 54.8 Å². The highest BCUT2D eigenvalue weighted by Gasteiger charge is 2.27. The van der Waals surface area contributed by atoms with Crippen molar-refractivity contribution in [1.29, 1.82) is 0 Å². The van der Waals surface area contributed by atoms with Gasteiger partial charge in [-0.1, -0.05) is 55.1 Å². The standard InChI is InChI=1S/C27H20Br2Cl2N2O3S2/c1-13-25(19(11-37-13)17-7-15(30)3-5-21(17)32-23(34)9-28)27(36)26-14(2)38-12-20(26)18-8-16(31)4-6-22(18)33-24(35)10-29/h3-8,11-12H,9-10H2,1-2H3,(H,32,34)(H,33,35). The molecule has 38 heavy (non-hydrogen) atoms. The van der Waals surface area contributed by atoms with Gasteiger partial charge in [0.05, 0.1) is 10.7 Å². The molecular formula is C27H20Br2Cl2N2O3S2. The summed E-state index contributed by atoms with van der Waals surface area (Å²) in [7, 11) is 0. The summed E-state index contributed by atoms with van der Waals surface area (Å²) in [5.74, 6) is -0.602. The monoisotopic (exact) mass is 712 g/mol. The summed E-state index contributed by atoms with van der Waals surface area (Å²) in [6.45, 7) is 3.79. The van der Waals surface area contributed by atoms with E-state index in [2.05, 4.69) is 42.5 Å². The molecule has 2 heterocycles. The van der Waals surface area contributed by atoms with E-state index in [-0.39, 0.29) is 28.3 Å². The number of nitrogens with one attached hydrogen (secondary N) is 2. The number of amides is 2. The molecule has 0 aliphatic carbocycles. The summed E-state index contributed by atoms with van der Waals surface area (Å²) in [5.41, 5.74) is 4.85. The van der Waals surface area contributed by atoms with Crippen molar-refractivity contribution in [3.05, 3.63) is 78.1 Å². The maximum Gasteiger partial charge on any atom is 0.235 e. The molecule has 0 saturated heterocycles. The van der Waals surface area contributed by atoms with E-state index in [4.69, 9.17) is 23.2 Å². The molecule has 4 aromatic rings. The predicted octanol–water partition coefficient (Wildman–Crippen LogP) is 8.97. The lowest BCUT2D eigenvalue weighted by atomic mass is 9.91. The molecule has 196 valence electrons. The van der Waals surface area contributed by atoms with Crippen molar-refractivity contribution in [2.45, 2.75) is 13.8 Å². The fourth-order valence-electron chi connectivity index (χ4n) is 4.06. The van der Waals surface area contributed by atoms with Gasteiger partial charge < -0.3 is 10.6 Å². The number of ketones is 1. The van der Waals surface area contributed by atoms with E-state index in [0.717, 1.165) is 9.75 Å². The van der Waals surface area contributed by atoms with E-state index >= 15 is 0 Å². The Balaban J connectivity index is 1.88. The van der Waals surface area contributed by atoms with Gasteiger partial charge >= 0.3 is 0 Å². The molecule has 4 rings (SSSR count). The fourth-order valence-corrected chi connectivity index (χ4v) is 6.40. The number of aryl methyl sites for hydroxylation is 2. The maximum atomic E-state index is 14.3. The van der Waals surface area contributed by atoms with Gasteiger partial charge in [-0.05, 0) is 61.0 Å². The van der Waals surface area contributed by atoms with Crippen LogP contribution in [0.5, 0.6) is 0 Å². The molecule has 2 aromatic heterocycles. The minimum Gasteiger partial charge on any atom is -0.325 e. The molecule has 5 nitrogen and oxygen atoms in total. The Kier molecular flexibility index (Phi) is 9.49. The summed E-state index contributed by atoms with van der Waals surface area (Å²) in [5, 5.41) is 10.8. The van der Waals surface area contributed by atoms with Crippen molar-refractivity contribution in [3.8, 4) is 22.3 Å². The highest BCUT2D eigenvalue weighted by Crippen LogP contribution is 2.43. The van der Waals surface area contributed by atoms with Crippen molar-refractivity contribution in [3.63, 3.8) is 0 Å². The second-order valence-corrected chi connectivity index (χ2v) is 12.4. The van der Waals surface area contributed by atoms with Crippen LogP contribution in [0.4, 0.5) is 11.4 Å². The third-order valence-electron chi connectivity index (χ3n) is 5.74. The van der Waals surface area contributed by atoms with Crippen LogP contribution in [-0.4, -0.2) is 28.3 Å². The Morgan fingerprint density at radius 1 is 0.711 bits per heavy atom. The van der Waals surface area contributed by atoms with E-state index < -0.39 is 0 Å². The quantitative estimate of drug-likeness (QED) is 0.141. The number of anilines is 2. The molecule has 0 aliphatic heterocycles. The summed E-state index contributed by atoms with van der Waals surface area (Å²) < 4.78 is 0. The van der Waals surface area contributed by atoms with Gasteiger partial charge in [0.15, 0.2) is 5.78 Å². The summed E-state index contributed by atoms with van der Waals surface area (Å²) in [6.07, 6.45) is 0. The van der Waals surface area contributed by atoms with Crippen LogP contribution in [0, 0.1) is 13.8 Å². The van der Waals surface area contributed by atoms with Crippen LogP contribution in [0.25, 0.3) is 22.3 Å². The molecular weight excluding hydrogens is 695 g/mol. The Morgan fingerprint density at radius 2 is 1.11 bits per heavy atom. The first-order valence-corrected chi connectivity index (χ1v) is 15.9. The van der Waals surface area contributed by atoms with Crippen LogP contribution < -0.4 is 10.6 Å². The van der Waals surface area contributed by atoms with Crippen molar-refractivity contribution in [2.75, 3.05) is 21.3 Å². The summed E-state index contributed by atoms with van der Waals surface area (Å²) >= 11 is 21.9. The average molecular weight is 715 g/mol. The fraction of sp³-hybridized carbons (Fsp3) is 0.148. The SMILES string of the molecule is Cc1scc(-c2cc(Cl)ccc2NC(=O)CBr)c1C(=O)c1c(-c2cc(Cl)ccc2NC(=O)CBr)csc1C. The Bertz CT molecular complexity index is 1450. The average Bonchev–Trinajstić information content (AvgIpc) is 3.47. The molecule has 2 aromatic carbocycles. The molecule has 11 heteroatoms. The first kappa shape index (κ1) is 29.0. The minimum atomic E-state index is -0.219. The summed E-state index contributed by atoms with van der Waals surface area (Å²) in [4.78, 5) is 40.3. The molecule has 0 saturated carbocycles. The van der Waals surface area contributed by atoms with Crippen LogP contribution >= 0.6 is 77.7 Å². The first-order chi connectivity index (χ1) is 18.1. The van der Waals surface area contributed by atoms with Gasteiger partial charge in [-0.25, -0.2) is 0 Å². The Labute approximate surface area is 254 Å². The molecule has 0 radical (unpaired) electrons. The lowest BCUT2D eigenvalue weighted by molar-refractivity contribution is -0.114. The van der Waals surface area contributed by atoms with Gasteiger partial charge in [0.1, 0.15) is 0 Å². The summed E-state index contributed by atoms with van der Waals surface area (Å²) in [6, 6.07) is 10.3. The smallest absolute Gasteiger partial charge is 0.235 e. The van der Waals surface area contributed by atoms with Gasteiger partial charge in [-0.3, -0.25) is 14.4 Å². The lowest BCUT2D eigenvalue weighted by Gasteiger charge is -2.15. The second kappa shape index (κ2) is 12.4. The number of alkyl halides is 2. The normalized spacial score (nSPS) is 10.9. The van der Waals surface area contributed by atoms with Crippen LogP contribution in [-0.2, 0) is 9.59 Å². The predicted molar refractivity (Wildman–Crippen MR) is 167 cm³/mol.